The Kier molecular flexibility index (Phi) is 15.7. The molecule has 0 aliphatic carbocycles. The van der Waals surface area contributed by atoms with E-state index in [0.29, 0.717) is 19.3 Å². The number of hydrogen-bond donors (Lipinski definition) is 10. The molecule has 0 unspecified atom stereocenters. The predicted molar refractivity (Wildman–Crippen MR) is 173 cm³/mol. The van der Waals surface area contributed by atoms with E-state index in [9.17, 15) is 43.5 Å². The quantitative estimate of drug-likeness (QED) is 0.0348. The molecule has 14 N–H and O–H groups in total. The predicted octanol–water partition coefficient (Wildman–Crippen LogP) is -4.35. The van der Waals surface area contributed by atoms with Gasteiger partial charge in [-0.05, 0) is 58.3 Å². The normalized spacial score (nSPS) is 19.6. The maximum Gasteiger partial charge on any atom is 0.326 e. The summed E-state index contributed by atoms with van der Waals surface area (Å²) in [6, 6.07) is -6.73. The summed E-state index contributed by atoms with van der Waals surface area (Å²) in [7, 11) is 0. The van der Waals surface area contributed by atoms with Crippen molar-refractivity contribution in [2.45, 2.75) is 107 Å². The summed E-state index contributed by atoms with van der Waals surface area (Å²) in [5.41, 5.74) is 21.4. The molecule has 2 fully saturated rings. The minimum atomic E-state index is -1.26. The number of amides is 7. The second kappa shape index (κ2) is 19.1. The van der Waals surface area contributed by atoms with E-state index in [1.165, 1.54) is 16.7 Å². The molecule has 0 aromatic rings. The number of nitrogens with two attached hydrogens (primary N) is 4. The van der Waals surface area contributed by atoms with Gasteiger partial charge in [-0.3, -0.25) is 39.0 Å². The van der Waals surface area contributed by atoms with E-state index in [1.807, 2.05) is 0 Å². The fraction of sp³-hybridized carbons (Fsp3) is 0.690. The first-order valence-electron chi connectivity index (χ1n) is 16.2. The fourth-order valence-corrected chi connectivity index (χ4v) is 5.73. The van der Waals surface area contributed by atoms with Crippen molar-refractivity contribution in [1.82, 2.24) is 31.1 Å². The van der Waals surface area contributed by atoms with Gasteiger partial charge in [0.25, 0.3) is 0 Å². The van der Waals surface area contributed by atoms with Crippen molar-refractivity contribution in [1.29, 1.82) is 5.41 Å². The zero-order valence-electron chi connectivity index (χ0n) is 27.6. The number of nitrogens with zero attached hydrogens (tertiary/aromatic N) is 2. The standard InChI is InChI=1S/C29H49N11O9/c1-15(26(46)39-13-3-7-20(39)25(45)38-18(28(48)49)5-2-12-35-29(33)34)36-24(44)19-6-4-14-40(19)27(47)17(9-11-22(32)42)37-23(43)16(30)8-10-21(31)41/h15-20H,2-14,30H2,1H3,(H2,31,41)(H2,32,42)(H,36,44)(H,37,43)(H,38,45)(H,48,49)(H4,33,34,35)/t15-,16-,17-,18-,19-,20-/m0/s1. The summed E-state index contributed by atoms with van der Waals surface area (Å²) in [6.45, 7) is 2.02. The van der Waals surface area contributed by atoms with Gasteiger partial charge < -0.3 is 59.1 Å². The fourth-order valence-electron chi connectivity index (χ4n) is 5.73. The molecular formula is C29H49N11O9. The molecule has 2 heterocycles. The van der Waals surface area contributed by atoms with Gasteiger partial charge in [-0.2, -0.15) is 0 Å². The van der Waals surface area contributed by atoms with Crippen molar-refractivity contribution in [3.63, 3.8) is 0 Å². The molecule has 0 aromatic heterocycles. The van der Waals surface area contributed by atoms with Crippen molar-refractivity contribution < 1.29 is 43.5 Å². The van der Waals surface area contributed by atoms with Crippen LogP contribution in [-0.2, 0) is 38.4 Å². The summed E-state index contributed by atoms with van der Waals surface area (Å²) in [5.74, 6) is -6.19. The number of guanidine groups is 1. The maximum absolute atomic E-state index is 13.6. The first-order chi connectivity index (χ1) is 23.0. The average Bonchev–Trinajstić information content (AvgIpc) is 3.72. The van der Waals surface area contributed by atoms with Gasteiger partial charge in [0.2, 0.25) is 41.4 Å². The highest BCUT2D eigenvalue weighted by Crippen LogP contribution is 2.22. The third-order valence-electron chi connectivity index (χ3n) is 8.34. The molecule has 2 saturated heterocycles. The van der Waals surface area contributed by atoms with Gasteiger partial charge in [0.1, 0.15) is 30.2 Å². The lowest BCUT2D eigenvalue weighted by Crippen LogP contribution is -2.58. The molecule has 49 heavy (non-hydrogen) atoms. The smallest absolute Gasteiger partial charge is 0.326 e. The summed E-state index contributed by atoms with van der Waals surface area (Å²) < 4.78 is 0. The van der Waals surface area contributed by atoms with Gasteiger partial charge in [-0.15, -0.1) is 0 Å². The highest BCUT2D eigenvalue weighted by atomic mass is 16.4. The van der Waals surface area contributed by atoms with Crippen molar-refractivity contribution in [2.75, 3.05) is 19.6 Å². The Morgan fingerprint density at radius 3 is 1.84 bits per heavy atom. The first kappa shape index (κ1) is 40.2. The third-order valence-corrected chi connectivity index (χ3v) is 8.34. The lowest BCUT2D eigenvalue weighted by molar-refractivity contribution is -0.145. The molecule has 274 valence electrons. The van der Waals surface area contributed by atoms with Gasteiger partial charge >= 0.3 is 5.97 Å². The first-order valence-corrected chi connectivity index (χ1v) is 16.2. The highest BCUT2D eigenvalue weighted by Gasteiger charge is 2.41. The molecule has 20 heteroatoms. The van der Waals surface area contributed by atoms with Crippen LogP contribution >= 0.6 is 0 Å². The number of nitrogens with one attached hydrogen (secondary N) is 5. The van der Waals surface area contributed by atoms with Crippen LogP contribution in [0, 0.1) is 5.41 Å². The number of carboxylic acid groups (broad SMARTS) is 1. The molecule has 0 radical (unpaired) electrons. The monoisotopic (exact) mass is 695 g/mol. The van der Waals surface area contributed by atoms with E-state index < -0.39 is 83.6 Å². The van der Waals surface area contributed by atoms with Gasteiger partial charge in [0.05, 0.1) is 6.04 Å². The Morgan fingerprint density at radius 1 is 0.776 bits per heavy atom. The molecule has 2 rings (SSSR count). The van der Waals surface area contributed by atoms with Crippen LogP contribution in [0.3, 0.4) is 0 Å². The number of carboxylic acids is 1. The number of carbonyl (C=O) groups is 8. The SMILES string of the molecule is C[C@H](NC(=O)[C@@H]1CCCN1C(=O)[C@H](CCC(N)=O)NC(=O)[C@@H](N)CCC(N)=O)C(=O)N1CCC[C@H]1C(=O)N[C@@H](CCCNC(=N)N)C(=O)O. The van der Waals surface area contributed by atoms with Crippen molar-refractivity contribution in [2.24, 2.45) is 22.9 Å². The van der Waals surface area contributed by atoms with E-state index in [1.54, 1.807) is 0 Å². The molecule has 2 aliphatic heterocycles. The maximum atomic E-state index is 13.6. The Labute approximate surface area is 283 Å². The lowest BCUT2D eigenvalue weighted by atomic mass is 10.1. The van der Waals surface area contributed by atoms with E-state index >= 15 is 0 Å². The molecule has 6 atom stereocenters. The van der Waals surface area contributed by atoms with Gasteiger partial charge in [0, 0.05) is 32.5 Å². The number of rotatable bonds is 19. The van der Waals surface area contributed by atoms with E-state index in [4.69, 9.17) is 28.3 Å². The molecule has 2 aliphatic rings. The Balaban J connectivity index is 2.06. The minimum absolute atomic E-state index is 0.0558. The number of primary amides is 2. The lowest BCUT2D eigenvalue weighted by Gasteiger charge is -2.31. The molecule has 0 saturated carbocycles. The van der Waals surface area contributed by atoms with Crippen molar-refractivity contribution in [3.05, 3.63) is 0 Å². The Morgan fingerprint density at radius 2 is 1.31 bits per heavy atom. The molecule has 0 aromatic carbocycles. The summed E-state index contributed by atoms with van der Waals surface area (Å²) in [6.07, 6.45) is 1.15. The topological polar surface area (TPSA) is 339 Å². The van der Waals surface area contributed by atoms with Crippen LogP contribution in [0.25, 0.3) is 0 Å². The van der Waals surface area contributed by atoms with E-state index in [2.05, 4.69) is 21.3 Å². The number of likely N-dealkylation sites (tertiary alicyclic amines) is 2. The Bertz CT molecular complexity index is 1280. The minimum Gasteiger partial charge on any atom is -0.480 e. The largest absolute Gasteiger partial charge is 0.480 e. The molecular weight excluding hydrogens is 646 g/mol. The van der Waals surface area contributed by atoms with Gasteiger partial charge in [-0.25, -0.2) is 4.79 Å². The average molecular weight is 696 g/mol. The molecule has 20 nitrogen and oxygen atoms in total. The van der Waals surface area contributed by atoms with Crippen LogP contribution in [0.15, 0.2) is 0 Å². The van der Waals surface area contributed by atoms with Crippen LogP contribution in [0.1, 0.15) is 71.1 Å². The van der Waals surface area contributed by atoms with Crippen molar-refractivity contribution >= 4 is 53.3 Å². The second-order valence-electron chi connectivity index (χ2n) is 12.2. The molecule has 7 amide bonds. The number of hydrogen-bond acceptors (Lipinski definition) is 10. The van der Waals surface area contributed by atoms with Crippen LogP contribution in [0.5, 0.6) is 0 Å². The summed E-state index contributed by atoms with van der Waals surface area (Å²) >= 11 is 0. The van der Waals surface area contributed by atoms with Gasteiger partial charge in [-0.1, -0.05) is 0 Å². The van der Waals surface area contributed by atoms with Gasteiger partial charge in [0.15, 0.2) is 5.96 Å². The summed E-state index contributed by atoms with van der Waals surface area (Å²) in [5, 5.41) is 26.9. The zero-order valence-corrected chi connectivity index (χ0v) is 27.6. The highest BCUT2D eigenvalue weighted by molar-refractivity contribution is 5.97. The summed E-state index contributed by atoms with van der Waals surface area (Å²) in [4.78, 5) is 103. The molecule has 0 spiro atoms. The third kappa shape index (κ3) is 12.5. The molecule has 0 bridgehead atoms. The van der Waals surface area contributed by atoms with Crippen molar-refractivity contribution in [3.8, 4) is 0 Å². The van der Waals surface area contributed by atoms with Crippen LogP contribution in [-0.4, -0.2) is 124 Å². The second-order valence-corrected chi connectivity index (χ2v) is 12.2. The Hall–Kier alpha value is -5.01. The van der Waals surface area contributed by atoms with Crippen LogP contribution in [0.2, 0.25) is 0 Å². The van der Waals surface area contributed by atoms with E-state index in [0.717, 1.165) is 0 Å². The number of aliphatic carboxylic acids is 1. The van der Waals surface area contributed by atoms with E-state index in [-0.39, 0.29) is 70.5 Å². The van der Waals surface area contributed by atoms with Crippen LogP contribution < -0.4 is 44.2 Å². The van der Waals surface area contributed by atoms with Crippen LogP contribution in [0.4, 0.5) is 0 Å². The zero-order chi connectivity index (χ0) is 36.8. The number of carbonyl (C=O) groups excluding carboxylic acids is 7.